The van der Waals surface area contributed by atoms with Gasteiger partial charge in [0.2, 0.25) is 5.75 Å². The molecular formula is C13H21N2O4PS. The predicted molar refractivity (Wildman–Crippen MR) is 87.2 cm³/mol. The van der Waals surface area contributed by atoms with Gasteiger partial charge in [0.05, 0.1) is 4.92 Å². The number of aryl methyl sites for hydroxylation is 1. The molecule has 21 heavy (non-hydrogen) atoms. The van der Waals surface area contributed by atoms with Gasteiger partial charge >= 0.3 is 12.3 Å². The van der Waals surface area contributed by atoms with Crippen LogP contribution < -0.4 is 9.61 Å². The summed E-state index contributed by atoms with van der Waals surface area (Å²) in [6, 6.07) is 3.02. The molecule has 0 aromatic heterocycles. The minimum atomic E-state index is -3.33. The normalized spacial score (nSPS) is 15.3. The molecule has 2 unspecified atom stereocenters. The van der Waals surface area contributed by atoms with Crippen LogP contribution in [0.5, 0.6) is 5.75 Å². The molecule has 0 aliphatic carbocycles. The van der Waals surface area contributed by atoms with E-state index >= 15 is 0 Å². The number of hydrogen-bond donors (Lipinski definition) is 2. The molecule has 2 N–H and O–H groups in total. The average Bonchev–Trinajstić information content (AvgIpc) is 2.37. The summed E-state index contributed by atoms with van der Waals surface area (Å²) in [5.74, 6) is 0.0733. The lowest BCUT2D eigenvalue weighted by Crippen LogP contribution is -2.24. The Labute approximate surface area is 129 Å². The van der Waals surface area contributed by atoms with Gasteiger partial charge in [0.25, 0.3) is 0 Å². The Morgan fingerprint density at radius 3 is 2.62 bits per heavy atom. The molecule has 1 rings (SSSR count). The largest absolute Gasteiger partial charge is 0.425 e. The standard InChI is InChI=1S/C13H21N2O4PS/c1-5-10(4)14-20(18,21)19-13-11(6-2)9(3)7-8-12(13)15(16)17/h7-8,10H,5-6H2,1-4H3,(H2,14,18,21). The highest BCUT2D eigenvalue weighted by Crippen LogP contribution is 2.45. The summed E-state index contributed by atoms with van der Waals surface area (Å²) in [6.45, 7) is 4.20. The maximum atomic E-state index is 11.2. The van der Waals surface area contributed by atoms with Crippen molar-refractivity contribution in [3.05, 3.63) is 33.4 Å². The second kappa shape index (κ2) is 7.31. The van der Waals surface area contributed by atoms with Gasteiger partial charge in [-0.05, 0) is 44.1 Å². The molecule has 0 bridgehead atoms. The van der Waals surface area contributed by atoms with Crippen LogP contribution in [0.15, 0.2) is 12.1 Å². The zero-order valence-corrected chi connectivity index (χ0v) is 14.3. The second-order valence-electron chi connectivity index (χ2n) is 4.87. The van der Waals surface area contributed by atoms with Crippen LogP contribution in [-0.2, 0) is 18.2 Å². The predicted octanol–water partition coefficient (Wildman–Crippen LogP) is 3.45. The van der Waals surface area contributed by atoms with Crippen LogP contribution in [0.4, 0.5) is 5.69 Å². The molecule has 8 heteroatoms. The fraction of sp³-hybridized carbons (Fsp3) is 0.538. The molecular weight excluding hydrogens is 311 g/mol. The Hall–Kier alpha value is -1.01. The van der Waals surface area contributed by atoms with Crippen molar-refractivity contribution in [1.82, 2.24) is 5.09 Å². The number of nitro groups is 1. The fourth-order valence-electron chi connectivity index (χ4n) is 1.92. The van der Waals surface area contributed by atoms with Crippen LogP contribution >= 0.6 is 6.64 Å². The van der Waals surface area contributed by atoms with E-state index in [4.69, 9.17) is 16.3 Å². The molecule has 0 aliphatic heterocycles. The first-order valence-electron chi connectivity index (χ1n) is 6.78. The van der Waals surface area contributed by atoms with Crippen molar-refractivity contribution in [2.75, 3.05) is 0 Å². The van der Waals surface area contributed by atoms with E-state index in [9.17, 15) is 15.0 Å². The summed E-state index contributed by atoms with van der Waals surface area (Å²) in [5, 5.41) is 14.0. The second-order valence-corrected chi connectivity index (χ2v) is 7.84. The van der Waals surface area contributed by atoms with Crippen molar-refractivity contribution in [3.63, 3.8) is 0 Å². The monoisotopic (exact) mass is 332 g/mol. The lowest BCUT2D eigenvalue weighted by molar-refractivity contribution is -0.385. The molecule has 0 aliphatic rings. The van der Waals surface area contributed by atoms with E-state index in [0.29, 0.717) is 12.0 Å². The Bertz CT molecular complexity index is 580. The molecule has 0 heterocycles. The van der Waals surface area contributed by atoms with E-state index < -0.39 is 11.6 Å². The Morgan fingerprint density at radius 1 is 1.52 bits per heavy atom. The van der Waals surface area contributed by atoms with E-state index in [1.54, 1.807) is 6.07 Å². The summed E-state index contributed by atoms with van der Waals surface area (Å²) < 4.78 is 5.50. The zero-order valence-electron chi connectivity index (χ0n) is 12.6. The Morgan fingerprint density at radius 2 is 2.14 bits per heavy atom. The number of rotatable bonds is 7. The highest BCUT2D eigenvalue weighted by atomic mass is 32.5. The van der Waals surface area contributed by atoms with Crippen LogP contribution in [0, 0.1) is 17.0 Å². The minimum Gasteiger partial charge on any atom is -0.425 e. The lowest BCUT2D eigenvalue weighted by atomic mass is 10.0. The quantitative estimate of drug-likeness (QED) is 0.452. The zero-order chi connectivity index (χ0) is 16.2. The molecule has 118 valence electrons. The maximum Gasteiger partial charge on any atom is 0.311 e. The van der Waals surface area contributed by atoms with Crippen molar-refractivity contribution in [2.45, 2.75) is 46.6 Å². The first-order chi connectivity index (χ1) is 9.71. The Kier molecular flexibility index (Phi) is 6.28. The molecule has 0 radical (unpaired) electrons. The third-order valence-corrected chi connectivity index (χ3v) is 4.97. The van der Waals surface area contributed by atoms with Gasteiger partial charge in [-0.25, -0.2) is 5.09 Å². The van der Waals surface area contributed by atoms with Crippen molar-refractivity contribution >= 4 is 24.1 Å². The third kappa shape index (κ3) is 4.74. The smallest absolute Gasteiger partial charge is 0.311 e. The van der Waals surface area contributed by atoms with E-state index in [1.165, 1.54) is 6.07 Å². The molecule has 0 saturated heterocycles. The average molecular weight is 332 g/mol. The van der Waals surface area contributed by atoms with E-state index in [1.807, 2.05) is 27.7 Å². The van der Waals surface area contributed by atoms with E-state index in [-0.39, 0.29) is 17.5 Å². The summed E-state index contributed by atoms with van der Waals surface area (Å²) in [4.78, 5) is 20.9. The van der Waals surface area contributed by atoms with Gasteiger partial charge in [0, 0.05) is 17.7 Å². The van der Waals surface area contributed by atoms with Crippen molar-refractivity contribution in [2.24, 2.45) is 0 Å². The molecule has 6 nitrogen and oxygen atoms in total. The van der Waals surface area contributed by atoms with Crippen LogP contribution in [0.25, 0.3) is 0 Å². The molecule has 0 fully saturated rings. The first kappa shape index (κ1) is 18.0. The fourth-order valence-corrected chi connectivity index (χ4v) is 3.93. The first-order valence-corrected chi connectivity index (χ1v) is 9.46. The van der Waals surface area contributed by atoms with E-state index in [0.717, 1.165) is 12.0 Å². The van der Waals surface area contributed by atoms with E-state index in [2.05, 4.69) is 5.09 Å². The Balaban J connectivity index is 3.25. The minimum absolute atomic E-state index is 0.0326. The van der Waals surface area contributed by atoms with Gasteiger partial charge in [-0.15, -0.1) is 0 Å². The van der Waals surface area contributed by atoms with Gasteiger partial charge in [-0.1, -0.05) is 19.9 Å². The summed E-state index contributed by atoms with van der Waals surface area (Å²) in [6.07, 6.45) is 1.32. The van der Waals surface area contributed by atoms with Crippen molar-refractivity contribution in [3.8, 4) is 5.75 Å². The van der Waals surface area contributed by atoms with Gasteiger partial charge in [-0.3, -0.25) is 10.1 Å². The number of nitrogens with zero attached hydrogens (tertiary/aromatic N) is 1. The van der Waals surface area contributed by atoms with Crippen molar-refractivity contribution in [1.29, 1.82) is 0 Å². The molecule has 2 atom stereocenters. The highest BCUT2D eigenvalue weighted by molar-refractivity contribution is 8.08. The van der Waals surface area contributed by atoms with Gasteiger partial charge in [0.1, 0.15) is 0 Å². The number of nitrogens with one attached hydrogen (secondary N) is 1. The highest BCUT2D eigenvalue weighted by Gasteiger charge is 2.26. The third-order valence-electron chi connectivity index (χ3n) is 3.24. The lowest BCUT2D eigenvalue weighted by Gasteiger charge is -2.23. The van der Waals surface area contributed by atoms with Crippen molar-refractivity contribution < 1.29 is 14.3 Å². The van der Waals surface area contributed by atoms with Crippen LogP contribution in [-0.4, -0.2) is 15.9 Å². The van der Waals surface area contributed by atoms with Crippen LogP contribution in [0.2, 0.25) is 0 Å². The SMILES string of the molecule is CCc1c(C)ccc([N+](=O)[O-])c1OP(O)(=S)NC(C)CC. The van der Waals surface area contributed by atoms with Gasteiger partial charge in [0.15, 0.2) is 0 Å². The summed E-state index contributed by atoms with van der Waals surface area (Å²) in [7, 11) is 0. The molecule has 0 saturated carbocycles. The maximum absolute atomic E-state index is 11.2. The number of nitro benzene ring substituents is 1. The summed E-state index contributed by atoms with van der Waals surface area (Å²) in [5.41, 5.74) is 1.39. The van der Waals surface area contributed by atoms with Crippen LogP contribution in [0.3, 0.4) is 0 Å². The van der Waals surface area contributed by atoms with Gasteiger partial charge in [-0.2, -0.15) is 0 Å². The molecule has 0 amide bonds. The molecule has 0 spiro atoms. The summed E-state index contributed by atoms with van der Waals surface area (Å²) >= 11 is 5.08. The number of hydrogen-bond acceptors (Lipinski definition) is 4. The topological polar surface area (TPSA) is 84.6 Å². The number of benzene rings is 1. The molecule has 1 aromatic rings. The molecule has 1 aromatic carbocycles. The van der Waals surface area contributed by atoms with Crippen LogP contribution in [0.1, 0.15) is 38.3 Å². The van der Waals surface area contributed by atoms with Gasteiger partial charge < -0.3 is 9.42 Å².